The van der Waals surface area contributed by atoms with Crippen molar-refractivity contribution in [2.24, 2.45) is 5.10 Å². The zero-order valence-corrected chi connectivity index (χ0v) is 21.3. The normalized spacial score (nSPS) is 11.0. The Morgan fingerprint density at radius 2 is 1.86 bits per heavy atom. The second kappa shape index (κ2) is 12.2. The summed E-state index contributed by atoms with van der Waals surface area (Å²) in [5.41, 5.74) is 5.94. The van der Waals surface area contributed by atoms with Crippen molar-refractivity contribution in [3.05, 3.63) is 88.9 Å². The third-order valence-electron chi connectivity index (χ3n) is 5.08. The molecule has 0 saturated heterocycles. The number of aryl methyl sites for hydroxylation is 1. The molecule has 3 aromatic carbocycles. The summed E-state index contributed by atoms with van der Waals surface area (Å²) in [6.07, 6.45) is 1.40. The third kappa shape index (κ3) is 6.96. The fourth-order valence-corrected chi connectivity index (χ4v) is 4.21. The molecule has 4 rings (SSSR count). The molecule has 0 aliphatic rings. The molecule has 9 nitrogen and oxygen atoms in total. The molecule has 0 radical (unpaired) electrons. The molecule has 0 fully saturated rings. The van der Waals surface area contributed by atoms with E-state index in [4.69, 9.17) is 21.4 Å². The summed E-state index contributed by atoms with van der Waals surface area (Å²) in [6, 6.07) is 22.2. The number of H-pyrrole nitrogens is 1. The van der Waals surface area contributed by atoms with Gasteiger partial charge in [0.1, 0.15) is 11.4 Å². The number of aromatic amines is 1. The SMILES string of the molecule is Cc1ccc(-c2[nH]nc(SCC(=O)N/N=C/c3ccccc3OCC(=O)O)[n+]2-c2ccc(Cl)cc2)cc1. The minimum Gasteiger partial charge on any atom is -0.481 e. The second-order valence-electron chi connectivity index (χ2n) is 7.83. The van der Waals surface area contributed by atoms with Gasteiger partial charge in [0.2, 0.25) is 0 Å². The van der Waals surface area contributed by atoms with Gasteiger partial charge >= 0.3 is 11.1 Å². The molecular weight excluding hydrogens is 514 g/mol. The minimum absolute atomic E-state index is 0.0558. The molecule has 11 heteroatoms. The van der Waals surface area contributed by atoms with E-state index in [2.05, 4.69) is 20.7 Å². The number of carboxylic acids is 1. The number of rotatable bonds is 10. The summed E-state index contributed by atoms with van der Waals surface area (Å²) in [7, 11) is 0. The van der Waals surface area contributed by atoms with Crippen molar-refractivity contribution in [2.75, 3.05) is 12.4 Å². The fraction of sp³-hybridized carbons (Fsp3) is 0.115. The van der Waals surface area contributed by atoms with E-state index in [1.165, 1.54) is 18.0 Å². The van der Waals surface area contributed by atoms with Crippen LogP contribution in [-0.4, -0.2) is 45.8 Å². The van der Waals surface area contributed by atoms with Crippen LogP contribution in [0.2, 0.25) is 5.02 Å². The molecule has 0 spiro atoms. The zero-order chi connectivity index (χ0) is 26.2. The molecule has 0 aliphatic heterocycles. The van der Waals surface area contributed by atoms with E-state index < -0.39 is 12.6 Å². The molecule has 0 unspecified atom stereocenters. The Balaban J connectivity index is 1.47. The number of aromatic nitrogens is 3. The summed E-state index contributed by atoms with van der Waals surface area (Å²) >= 11 is 7.33. The Hall–Kier alpha value is -4.15. The first-order chi connectivity index (χ1) is 17.9. The van der Waals surface area contributed by atoms with Crippen LogP contribution in [0.25, 0.3) is 17.1 Å². The van der Waals surface area contributed by atoms with Crippen molar-refractivity contribution in [2.45, 2.75) is 12.1 Å². The van der Waals surface area contributed by atoms with Crippen LogP contribution in [0.15, 0.2) is 83.1 Å². The first-order valence-electron chi connectivity index (χ1n) is 11.1. The Bertz CT molecular complexity index is 1420. The number of hydrazone groups is 1. The largest absolute Gasteiger partial charge is 0.481 e. The van der Waals surface area contributed by atoms with Crippen molar-refractivity contribution < 1.29 is 24.0 Å². The van der Waals surface area contributed by atoms with Crippen LogP contribution < -0.4 is 14.7 Å². The monoisotopic (exact) mass is 536 g/mol. The maximum absolute atomic E-state index is 12.5. The van der Waals surface area contributed by atoms with Gasteiger partial charge in [-0.3, -0.25) is 4.79 Å². The van der Waals surface area contributed by atoms with E-state index in [9.17, 15) is 9.59 Å². The van der Waals surface area contributed by atoms with Crippen LogP contribution in [0.5, 0.6) is 5.75 Å². The number of amides is 1. The van der Waals surface area contributed by atoms with Crippen molar-refractivity contribution in [1.29, 1.82) is 0 Å². The van der Waals surface area contributed by atoms with E-state index in [0.29, 0.717) is 21.5 Å². The van der Waals surface area contributed by atoms with Gasteiger partial charge in [-0.15, -0.1) is 5.10 Å². The number of para-hydroxylation sites is 1. The fourth-order valence-electron chi connectivity index (χ4n) is 3.32. The Morgan fingerprint density at radius 3 is 2.59 bits per heavy atom. The highest BCUT2D eigenvalue weighted by Crippen LogP contribution is 2.22. The maximum Gasteiger partial charge on any atom is 0.342 e. The van der Waals surface area contributed by atoms with Gasteiger partial charge in [0, 0.05) is 10.6 Å². The van der Waals surface area contributed by atoms with Crippen LogP contribution in [0.3, 0.4) is 0 Å². The third-order valence-corrected chi connectivity index (χ3v) is 6.27. The number of nitrogens with one attached hydrogen (secondary N) is 2. The molecule has 188 valence electrons. The minimum atomic E-state index is -1.09. The van der Waals surface area contributed by atoms with Gasteiger partial charge in [-0.1, -0.05) is 41.4 Å². The Kier molecular flexibility index (Phi) is 8.55. The smallest absolute Gasteiger partial charge is 0.342 e. The number of aliphatic carboxylic acids is 1. The predicted octanol–water partition coefficient (Wildman–Crippen LogP) is 4.02. The average molecular weight is 537 g/mol. The summed E-state index contributed by atoms with van der Waals surface area (Å²) in [5, 5.41) is 21.5. The van der Waals surface area contributed by atoms with Crippen molar-refractivity contribution in [3.63, 3.8) is 0 Å². The lowest BCUT2D eigenvalue weighted by molar-refractivity contribution is -0.625. The number of nitrogens with zero attached hydrogens (tertiary/aromatic N) is 3. The van der Waals surface area contributed by atoms with E-state index in [0.717, 1.165) is 22.6 Å². The summed E-state index contributed by atoms with van der Waals surface area (Å²) < 4.78 is 7.17. The molecule has 37 heavy (non-hydrogen) atoms. The number of thioether (sulfide) groups is 1. The number of hydrogen-bond acceptors (Lipinski definition) is 6. The summed E-state index contributed by atoms with van der Waals surface area (Å²) in [5.74, 6) is -0.257. The molecular formula is C26H23ClN5O4S+. The lowest BCUT2D eigenvalue weighted by Gasteiger charge is -2.06. The predicted molar refractivity (Wildman–Crippen MR) is 141 cm³/mol. The van der Waals surface area contributed by atoms with Crippen molar-refractivity contribution >= 4 is 41.5 Å². The first-order valence-corrected chi connectivity index (χ1v) is 12.5. The van der Waals surface area contributed by atoms with Gasteiger partial charge < -0.3 is 9.84 Å². The molecule has 0 aliphatic carbocycles. The molecule has 0 saturated carbocycles. The molecule has 1 heterocycles. The van der Waals surface area contributed by atoms with Gasteiger partial charge in [-0.2, -0.15) is 9.67 Å². The highest BCUT2D eigenvalue weighted by Gasteiger charge is 2.24. The second-order valence-corrected chi connectivity index (χ2v) is 9.21. The molecule has 0 bridgehead atoms. The van der Waals surface area contributed by atoms with Gasteiger partial charge in [-0.05, 0) is 67.2 Å². The van der Waals surface area contributed by atoms with Crippen molar-refractivity contribution in [3.8, 4) is 22.8 Å². The molecule has 4 aromatic rings. The van der Waals surface area contributed by atoms with Crippen molar-refractivity contribution in [1.82, 2.24) is 15.6 Å². The van der Waals surface area contributed by atoms with Crippen LogP contribution in [0.4, 0.5) is 0 Å². The van der Waals surface area contributed by atoms with Crippen LogP contribution in [0.1, 0.15) is 11.1 Å². The number of hydrogen-bond donors (Lipinski definition) is 3. The highest BCUT2D eigenvalue weighted by atomic mass is 35.5. The number of halogens is 1. The highest BCUT2D eigenvalue weighted by molar-refractivity contribution is 7.99. The quantitative estimate of drug-likeness (QED) is 0.122. The van der Waals surface area contributed by atoms with Crippen LogP contribution >= 0.6 is 23.4 Å². The molecule has 0 atom stereocenters. The number of carbonyl (C=O) groups is 2. The zero-order valence-electron chi connectivity index (χ0n) is 19.7. The lowest BCUT2D eigenvalue weighted by Crippen LogP contribution is -2.34. The summed E-state index contributed by atoms with van der Waals surface area (Å²) in [6.45, 7) is 1.55. The number of benzene rings is 3. The standard InChI is InChI=1S/C26H22ClN5O4S/c1-17-6-8-18(9-7-17)25-30-31-26(32(25)21-12-10-20(27)11-13-21)37-16-23(33)29-28-14-19-4-2-3-5-22(19)36-15-24(34)35/h2-14H,15-16H2,1H3,(H2,29,33,34,35)/p+1/b28-14+. The molecule has 3 N–H and O–H groups in total. The van der Waals surface area contributed by atoms with Gasteiger partial charge in [0.05, 0.1) is 22.6 Å². The van der Waals surface area contributed by atoms with E-state index in [1.54, 1.807) is 36.4 Å². The number of carbonyl (C=O) groups excluding carboxylic acids is 1. The molecule has 1 amide bonds. The van der Waals surface area contributed by atoms with E-state index in [-0.39, 0.29) is 11.7 Å². The van der Waals surface area contributed by atoms with E-state index >= 15 is 0 Å². The number of ether oxygens (including phenoxy) is 1. The van der Waals surface area contributed by atoms with Crippen LogP contribution in [0, 0.1) is 6.92 Å². The average Bonchev–Trinajstić information content (AvgIpc) is 3.31. The van der Waals surface area contributed by atoms with Gasteiger partial charge in [0.25, 0.3) is 11.7 Å². The topological polar surface area (TPSA) is 121 Å². The lowest BCUT2D eigenvalue weighted by atomic mass is 10.1. The maximum atomic E-state index is 12.5. The Labute approximate surface area is 222 Å². The molecule has 1 aromatic heterocycles. The van der Waals surface area contributed by atoms with Gasteiger partial charge in [0.15, 0.2) is 6.61 Å². The number of carboxylic acid groups (broad SMARTS) is 1. The van der Waals surface area contributed by atoms with E-state index in [1.807, 2.05) is 47.9 Å². The first kappa shape index (κ1) is 25.9. The summed E-state index contributed by atoms with van der Waals surface area (Å²) in [4.78, 5) is 23.3. The van der Waals surface area contributed by atoms with Gasteiger partial charge in [-0.25, -0.2) is 10.2 Å². The van der Waals surface area contributed by atoms with Crippen LogP contribution in [-0.2, 0) is 9.59 Å². The Morgan fingerprint density at radius 1 is 1.14 bits per heavy atom.